The molecule has 1 atom stereocenters. The van der Waals surface area contributed by atoms with Crippen LogP contribution in [0.5, 0.6) is 0 Å². The van der Waals surface area contributed by atoms with Gasteiger partial charge in [-0.05, 0) is 35.2 Å². The zero-order valence-electron chi connectivity index (χ0n) is 9.01. The van der Waals surface area contributed by atoms with E-state index >= 15 is 0 Å². The number of rotatable bonds is 3. The average molecular weight is 271 g/mol. The molecule has 0 bridgehead atoms. The summed E-state index contributed by atoms with van der Waals surface area (Å²) in [4.78, 5) is 19.1. The van der Waals surface area contributed by atoms with Crippen LogP contribution in [0.3, 0.4) is 0 Å². The van der Waals surface area contributed by atoms with Crippen molar-refractivity contribution < 1.29 is 0 Å². The highest BCUT2D eigenvalue weighted by Crippen LogP contribution is 2.41. The minimum atomic E-state index is -0.0396. The van der Waals surface area contributed by atoms with Crippen LogP contribution in [0, 0.1) is 0 Å². The first kappa shape index (κ1) is 10.9. The summed E-state index contributed by atoms with van der Waals surface area (Å²) in [7, 11) is 0. The Hall–Kier alpha value is -0.640. The molecule has 1 unspecified atom stereocenters. The average Bonchev–Trinajstić information content (AvgIpc) is 3.04. The molecule has 0 amide bonds. The second kappa shape index (κ2) is 4.08. The molecule has 0 saturated heterocycles. The number of hydrogen-bond acceptors (Lipinski definition) is 2. The van der Waals surface area contributed by atoms with E-state index in [1.54, 1.807) is 0 Å². The summed E-state index contributed by atoms with van der Waals surface area (Å²) in [6.45, 7) is 4.19. The zero-order valence-corrected chi connectivity index (χ0v) is 10.6. The molecular weight excluding hydrogens is 256 g/mol. The normalized spacial score (nSPS) is 17.8. The fraction of sp³-hybridized carbons (Fsp3) is 0.636. The van der Waals surface area contributed by atoms with Gasteiger partial charge in [0.1, 0.15) is 10.3 Å². The van der Waals surface area contributed by atoms with Gasteiger partial charge in [0, 0.05) is 11.8 Å². The number of aromatic amines is 1. The third-order valence-electron chi connectivity index (χ3n) is 2.95. The molecule has 1 heterocycles. The third-order valence-corrected chi connectivity index (χ3v) is 3.72. The Kier molecular flexibility index (Phi) is 2.96. The molecule has 1 fully saturated rings. The van der Waals surface area contributed by atoms with Crippen molar-refractivity contribution in [3.05, 3.63) is 26.3 Å². The molecule has 0 aliphatic heterocycles. The third kappa shape index (κ3) is 2.14. The maximum Gasteiger partial charge on any atom is 0.265 e. The van der Waals surface area contributed by atoms with Gasteiger partial charge in [-0.2, -0.15) is 0 Å². The van der Waals surface area contributed by atoms with Gasteiger partial charge in [-0.25, -0.2) is 4.98 Å². The lowest BCUT2D eigenvalue weighted by atomic mass is 10.1. The highest BCUT2D eigenvalue weighted by atomic mass is 79.9. The Morgan fingerprint density at radius 1 is 1.60 bits per heavy atom. The van der Waals surface area contributed by atoms with Crippen molar-refractivity contribution in [2.45, 2.75) is 44.9 Å². The summed E-state index contributed by atoms with van der Waals surface area (Å²) in [6, 6.07) is 0. The van der Waals surface area contributed by atoms with Gasteiger partial charge < -0.3 is 4.98 Å². The van der Waals surface area contributed by atoms with Crippen molar-refractivity contribution in [2.24, 2.45) is 0 Å². The van der Waals surface area contributed by atoms with Crippen LogP contribution in [0.15, 0.2) is 9.27 Å². The van der Waals surface area contributed by atoms with Gasteiger partial charge in [0.25, 0.3) is 5.56 Å². The summed E-state index contributed by atoms with van der Waals surface area (Å²) in [5.41, 5.74) is 0.913. The molecule has 1 aliphatic rings. The Balaban J connectivity index is 2.45. The fourth-order valence-corrected chi connectivity index (χ4v) is 2.06. The van der Waals surface area contributed by atoms with E-state index in [9.17, 15) is 4.79 Å². The summed E-state index contributed by atoms with van der Waals surface area (Å²) in [6.07, 6.45) is 3.32. The van der Waals surface area contributed by atoms with E-state index in [4.69, 9.17) is 0 Å². The highest BCUT2D eigenvalue weighted by Gasteiger charge is 2.29. The van der Waals surface area contributed by atoms with Gasteiger partial charge in [-0.1, -0.05) is 13.8 Å². The molecule has 0 radical (unpaired) electrons. The SMILES string of the molecule is CCC(C)c1nc(C2CC2)c(Br)c(=O)[nH]1. The first-order valence-electron chi connectivity index (χ1n) is 5.43. The number of nitrogens with zero attached hydrogens (tertiary/aromatic N) is 1. The quantitative estimate of drug-likeness (QED) is 0.918. The zero-order chi connectivity index (χ0) is 11.0. The van der Waals surface area contributed by atoms with E-state index in [-0.39, 0.29) is 5.56 Å². The smallest absolute Gasteiger partial charge is 0.265 e. The van der Waals surface area contributed by atoms with Crippen molar-refractivity contribution in [3.63, 3.8) is 0 Å². The lowest BCUT2D eigenvalue weighted by Crippen LogP contribution is -2.16. The second-order valence-corrected chi connectivity index (χ2v) is 5.03. The van der Waals surface area contributed by atoms with E-state index < -0.39 is 0 Å². The predicted molar refractivity (Wildman–Crippen MR) is 63.2 cm³/mol. The van der Waals surface area contributed by atoms with Crippen LogP contribution in [-0.4, -0.2) is 9.97 Å². The monoisotopic (exact) mass is 270 g/mol. The maximum atomic E-state index is 11.7. The molecule has 1 aliphatic carbocycles. The topological polar surface area (TPSA) is 45.8 Å². The standard InChI is InChI=1S/C11H15BrN2O/c1-3-6(2)10-13-9(7-4-5-7)8(12)11(15)14-10/h6-7H,3-5H2,1-2H3,(H,13,14,15). The molecule has 0 aromatic carbocycles. The molecule has 2 rings (SSSR count). The van der Waals surface area contributed by atoms with Crippen molar-refractivity contribution in [3.8, 4) is 0 Å². The predicted octanol–water partition coefficient (Wildman–Crippen LogP) is 2.92. The first-order valence-corrected chi connectivity index (χ1v) is 6.22. The molecule has 3 nitrogen and oxygen atoms in total. The van der Waals surface area contributed by atoms with Crippen LogP contribution in [0.4, 0.5) is 0 Å². The van der Waals surface area contributed by atoms with Crippen molar-refractivity contribution in [1.29, 1.82) is 0 Å². The van der Waals surface area contributed by atoms with Gasteiger partial charge in [-0.15, -0.1) is 0 Å². The van der Waals surface area contributed by atoms with Gasteiger partial charge in [0.2, 0.25) is 0 Å². The fourth-order valence-electron chi connectivity index (χ4n) is 1.55. The number of halogens is 1. The molecule has 1 saturated carbocycles. The van der Waals surface area contributed by atoms with Crippen LogP contribution in [0.25, 0.3) is 0 Å². The lowest BCUT2D eigenvalue weighted by molar-refractivity contribution is 0.664. The van der Waals surface area contributed by atoms with Crippen molar-refractivity contribution in [2.75, 3.05) is 0 Å². The number of aromatic nitrogens is 2. The highest BCUT2D eigenvalue weighted by molar-refractivity contribution is 9.10. The Bertz CT molecular complexity index is 423. The Morgan fingerprint density at radius 2 is 2.27 bits per heavy atom. The first-order chi connectivity index (χ1) is 7.13. The molecule has 15 heavy (non-hydrogen) atoms. The minimum Gasteiger partial charge on any atom is -0.309 e. The van der Waals surface area contributed by atoms with E-state index in [1.165, 1.54) is 0 Å². The van der Waals surface area contributed by atoms with E-state index in [2.05, 4.69) is 39.7 Å². The lowest BCUT2D eigenvalue weighted by Gasteiger charge is -2.10. The van der Waals surface area contributed by atoms with Crippen LogP contribution in [0.2, 0.25) is 0 Å². The Morgan fingerprint density at radius 3 is 2.80 bits per heavy atom. The van der Waals surface area contributed by atoms with E-state index in [0.717, 1.165) is 30.8 Å². The van der Waals surface area contributed by atoms with Crippen LogP contribution >= 0.6 is 15.9 Å². The molecule has 1 N–H and O–H groups in total. The number of H-pyrrole nitrogens is 1. The number of nitrogens with one attached hydrogen (secondary N) is 1. The van der Waals surface area contributed by atoms with Crippen molar-refractivity contribution >= 4 is 15.9 Å². The minimum absolute atomic E-state index is 0.0396. The summed E-state index contributed by atoms with van der Waals surface area (Å²) in [5, 5.41) is 0. The summed E-state index contributed by atoms with van der Waals surface area (Å²) in [5.74, 6) is 1.65. The maximum absolute atomic E-state index is 11.7. The molecule has 4 heteroatoms. The largest absolute Gasteiger partial charge is 0.309 e. The van der Waals surface area contributed by atoms with Crippen molar-refractivity contribution in [1.82, 2.24) is 9.97 Å². The summed E-state index contributed by atoms with van der Waals surface area (Å²) < 4.78 is 0.622. The van der Waals surface area contributed by atoms with Crippen LogP contribution in [0.1, 0.15) is 56.5 Å². The summed E-state index contributed by atoms with van der Waals surface area (Å²) >= 11 is 3.32. The van der Waals surface area contributed by atoms with E-state index in [1.807, 2.05) is 0 Å². The van der Waals surface area contributed by atoms with Gasteiger partial charge in [0.15, 0.2) is 0 Å². The van der Waals surface area contributed by atoms with Crippen LogP contribution in [-0.2, 0) is 0 Å². The van der Waals surface area contributed by atoms with Gasteiger partial charge >= 0.3 is 0 Å². The second-order valence-electron chi connectivity index (χ2n) is 4.23. The van der Waals surface area contributed by atoms with Gasteiger partial charge in [-0.3, -0.25) is 4.79 Å². The molecular formula is C11H15BrN2O. The van der Waals surface area contributed by atoms with Crippen LogP contribution < -0.4 is 5.56 Å². The molecule has 0 spiro atoms. The molecule has 1 aromatic heterocycles. The molecule has 82 valence electrons. The van der Waals surface area contributed by atoms with E-state index in [0.29, 0.717) is 16.3 Å². The Labute approximate surface area is 97.4 Å². The van der Waals surface area contributed by atoms with Gasteiger partial charge in [0.05, 0.1) is 5.69 Å². The molecule has 1 aromatic rings. The number of hydrogen-bond donors (Lipinski definition) is 1.